The number of hydrogen-bond acceptors (Lipinski definition) is 4. The number of nitrogens with zero attached hydrogens (tertiary/aromatic N) is 2. The second kappa shape index (κ2) is 8.18. The van der Waals surface area contributed by atoms with Crippen LogP contribution in [0.1, 0.15) is 18.9 Å². The van der Waals surface area contributed by atoms with Gasteiger partial charge in [0.25, 0.3) is 5.56 Å². The first-order chi connectivity index (χ1) is 14.2. The highest BCUT2D eigenvalue weighted by Crippen LogP contribution is 2.20. The average Bonchev–Trinajstić information content (AvgIpc) is 3.12. The number of aromatic nitrogens is 3. The van der Waals surface area contributed by atoms with E-state index in [9.17, 15) is 9.59 Å². The minimum atomic E-state index is -0.180. The fourth-order valence-electron chi connectivity index (χ4n) is 3.35. The van der Waals surface area contributed by atoms with Crippen molar-refractivity contribution in [1.29, 1.82) is 0 Å². The Morgan fingerprint density at radius 2 is 1.97 bits per heavy atom. The number of ether oxygens (including phenoxy) is 1. The van der Waals surface area contributed by atoms with Crippen molar-refractivity contribution in [2.24, 2.45) is 0 Å². The van der Waals surface area contributed by atoms with Gasteiger partial charge in [-0.3, -0.25) is 14.2 Å². The number of carbonyl (C=O) groups is 1. The summed E-state index contributed by atoms with van der Waals surface area (Å²) in [5, 5.41) is 3.80. The van der Waals surface area contributed by atoms with Crippen molar-refractivity contribution < 1.29 is 9.53 Å². The Labute approximate surface area is 167 Å². The molecule has 7 heteroatoms. The Kier molecular flexibility index (Phi) is 5.29. The van der Waals surface area contributed by atoms with Crippen LogP contribution in [0.25, 0.3) is 21.9 Å². The van der Waals surface area contributed by atoms with Crippen molar-refractivity contribution in [3.8, 4) is 5.75 Å². The van der Waals surface area contributed by atoms with Gasteiger partial charge in [-0.15, -0.1) is 0 Å². The Hall–Kier alpha value is -3.61. The SMILES string of the molecule is CCOc1ccccc1CNC(=O)CCn1cnc2c([nH]c3ccccc32)c1=O. The molecular formula is C22H22N4O3. The number of nitrogens with one attached hydrogen (secondary N) is 2. The molecule has 29 heavy (non-hydrogen) atoms. The van der Waals surface area contributed by atoms with Crippen LogP contribution in [0.2, 0.25) is 0 Å². The Bertz CT molecular complexity index is 1230. The molecule has 0 radical (unpaired) electrons. The van der Waals surface area contributed by atoms with E-state index in [1.165, 1.54) is 10.9 Å². The second-order valence-corrected chi connectivity index (χ2v) is 6.70. The van der Waals surface area contributed by atoms with E-state index >= 15 is 0 Å². The highest BCUT2D eigenvalue weighted by atomic mass is 16.5. The molecule has 148 valence electrons. The van der Waals surface area contributed by atoms with Gasteiger partial charge in [0.15, 0.2) is 0 Å². The molecule has 2 aromatic heterocycles. The fraction of sp³-hybridized carbons (Fsp3) is 0.227. The summed E-state index contributed by atoms with van der Waals surface area (Å²) in [6, 6.07) is 15.3. The van der Waals surface area contributed by atoms with Gasteiger partial charge in [0.1, 0.15) is 16.8 Å². The number of para-hydroxylation sites is 2. The summed E-state index contributed by atoms with van der Waals surface area (Å²) in [6.07, 6.45) is 1.69. The predicted octanol–water partition coefficient (Wildman–Crippen LogP) is 2.98. The van der Waals surface area contributed by atoms with Crippen molar-refractivity contribution >= 4 is 27.8 Å². The lowest BCUT2D eigenvalue weighted by atomic mass is 10.2. The molecule has 0 spiro atoms. The Morgan fingerprint density at radius 1 is 1.17 bits per heavy atom. The summed E-state index contributed by atoms with van der Waals surface area (Å²) in [5.74, 6) is 0.625. The number of fused-ring (bicyclic) bond motifs is 3. The van der Waals surface area contributed by atoms with Gasteiger partial charge in [0.05, 0.1) is 12.9 Å². The molecule has 4 aromatic rings. The van der Waals surface area contributed by atoms with Crippen LogP contribution in [0, 0.1) is 0 Å². The quantitative estimate of drug-likeness (QED) is 0.508. The molecule has 0 bridgehead atoms. The number of benzene rings is 2. The van der Waals surface area contributed by atoms with Gasteiger partial charge in [-0.2, -0.15) is 0 Å². The van der Waals surface area contributed by atoms with Gasteiger partial charge in [-0.05, 0) is 19.1 Å². The van der Waals surface area contributed by atoms with Crippen LogP contribution in [-0.2, 0) is 17.9 Å². The minimum Gasteiger partial charge on any atom is -0.494 e. The maximum atomic E-state index is 12.8. The van der Waals surface area contributed by atoms with E-state index in [2.05, 4.69) is 15.3 Å². The highest BCUT2D eigenvalue weighted by Gasteiger charge is 2.11. The predicted molar refractivity (Wildman–Crippen MR) is 112 cm³/mol. The van der Waals surface area contributed by atoms with Crippen LogP contribution >= 0.6 is 0 Å². The normalized spacial score (nSPS) is 11.1. The van der Waals surface area contributed by atoms with Crippen LogP contribution < -0.4 is 15.6 Å². The number of carbonyl (C=O) groups excluding carboxylic acids is 1. The number of rotatable bonds is 7. The third-order valence-electron chi connectivity index (χ3n) is 4.81. The first kappa shape index (κ1) is 18.7. The van der Waals surface area contributed by atoms with Crippen molar-refractivity contribution in [2.45, 2.75) is 26.4 Å². The second-order valence-electron chi connectivity index (χ2n) is 6.70. The van der Waals surface area contributed by atoms with Crippen molar-refractivity contribution in [3.05, 3.63) is 70.8 Å². The molecule has 7 nitrogen and oxygen atoms in total. The van der Waals surface area contributed by atoms with Gasteiger partial charge in [-0.25, -0.2) is 4.98 Å². The zero-order valence-electron chi connectivity index (χ0n) is 16.1. The Balaban J connectivity index is 1.43. The molecule has 2 heterocycles. The first-order valence-electron chi connectivity index (χ1n) is 9.60. The molecule has 0 fully saturated rings. The first-order valence-corrected chi connectivity index (χ1v) is 9.60. The van der Waals surface area contributed by atoms with E-state index in [1.54, 1.807) is 0 Å². The van der Waals surface area contributed by atoms with Gasteiger partial charge < -0.3 is 15.0 Å². The summed E-state index contributed by atoms with van der Waals surface area (Å²) in [7, 11) is 0. The third-order valence-corrected chi connectivity index (χ3v) is 4.81. The topological polar surface area (TPSA) is 89.0 Å². The average molecular weight is 390 g/mol. The van der Waals surface area contributed by atoms with Crippen molar-refractivity contribution in [2.75, 3.05) is 6.61 Å². The van der Waals surface area contributed by atoms with Crippen molar-refractivity contribution in [1.82, 2.24) is 19.9 Å². The van der Waals surface area contributed by atoms with Gasteiger partial charge in [0.2, 0.25) is 5.91 Å². The summed E-state index contributed by atoms with van der Waals surface area (Å²) >= 11 is 0. The standard InChI is InChI=1S/C22H22N4O3/c1-2-29-18-10-6-3-7-15(18)13-23-19(27)11-12-26-14-24-20-16-8-4-5-9-17(16)25-21(20)22(26)28/h3-10,14,25H,2,11-13H2,1H3,(H,23,27). The van der Waals surface area contributed by atoms with Crippen LogP contribution in [0.5, 0.6) is 5.75 Å². The molecule has 0 aliphatic heterocycles. The van der Waals surface area contributed by atoms with Crippen LogP contribution in [0.3, 0.4) is 0 Å². The zero-order valence-corrected chi connectivity index (χ0v) is 16.1. The molecule has 0 aliphatic rings. The van der Waals surface area contributed by atoms with Gasteiger partial charge >= 0.3 is 0 Å². The summed E-state index contributed by atoms with van der Waals surface area (Å²) in [4.78, 5) is 32.6. The van der Waals surface area contributed by atoms with E-state index in [1.807, 2.05) is 55.5 Å². The van der Waals surface area contributed by atoms with E-state index < -0.39 is 0 Å². The number of aryl methyl sites for hydroxylation is 1. The number of H-pyrrole nitrogens is 1. The molecule has 2 aromatic carbocycles. The molecule has 0 unspecified atom stereocenters. The lowest BCUT2D eigenvalue weighted by Gasteiger charge is -2.11. The third kappa shape index (κ3) is 3.85. The lowest BCUT2D eigenvalue weighted by Crippen LogP contribution is -2.27. The molecule has 0 saturated heterocycles. The maximum absolute atomic E-state index is 12.8. The lowest BCUT2D eigenvalue weighted by molar-refractivity contribution is -0.121. The smallest absolute Gasteiger partial charge is 0.277 e. The monoisotopic (exact) mass is 390 g/mol. The minimum absolute atomic E-state index is 0.139. The van der Waals surface area contributed by atoms with E-state index in [4.69, 9.17) is 4.74 Å². The summed E-state index contributed by atoms with van der Waals surface area (Å²) < 4.78 is 7.04. The molecular weight excluding hydrogens is 368 g/mol. The highest BCUT2D eigenvalue weighted by molar-refractivity contribution is 6.04. The number of hydrogen-bond donors (Lipinski definition) is 2. The number of amides is 1. The van der Waals surface area contributed by atoms with Crippen LogP contribution in [-0.4, -0.2) is 27.0 Å². The Morgan fingerprint density at radius 3 is 2.83 bits per heavy atom. The van der Waals surface area contributed by atoms with Crippen molar-refractivity contribution in [3.63, 3.8) is 0 Å². The molecule has 0 aliphatic carbocycles. The van der Waals surface area contributed by atoms with Crippen LogP contribution in [0.15, 0.2) is 59.7 Å². The van der Waals surface area contributed by atoms with E-state index in [0.717, 1.165) is 22.2 Å². The summed E-state index contributed by atoms with van der Waals surface area (Å²) in [5.41, 5.74) is 2.72. The molecule has 0 atom stereocenters. The summed E-state index contributed by atoms with van der Waals surface area (Å²) in [6.45, 7) is 3.13. The largest absolute Gasteiger partial charge is 0.494 e. The van der Waals surface area contributed by atoms with Gasteiger partial charge in [-0.1, -0.05) is 36.4 Å². The zero-order chi connectivity index (χ0) is 20.2. The van der Waals surface area contributed by atoms with Crippen LogP contribution in [0.4, 0.5) is 0 Å². The molecule has 0 saturated carbocycles. The molecule has 1 amide bonds. The molecule has 2 N–H and O–H groups in total. The molecule has 4 rings (SSSR count). The van der Waals surface area contributed by atoms with Gasteiger partial charge in [0, 0.05) is 36.0 Å². The maximum Gasteiger partial charge on any atom is 0.277 e. The fourth-order valence-corrected chi connectivity index (χ4v) is 3.35. The van der Waals surface area contributed by atoms with E-state index in [0.29, 0.717) is 24.2 Å². The van der Waals surface area contributed by atoms with E-state index in [-0.39, 0.29) is 24.4 Å². The number of aromatic amines is 1.